The first-order chi connectivity index (χ1) is 13.5. The van der Waals surface area contributed by atoms with Crippen molar-refractivity contribution in [2.75, 3.05) is 20.1 Å². The average Bonchev–Trinajstić information content (AvgIpc) is 2.91. The Morgan fingerprint density at radius 1 is 0.929 bits per heavy atom. The predicted octanol–water partition coefficient (Wildman–Crippen LogP) is 2.76. The van der Waals surface area contributed by atoms with E-state index < -0.39 is 5.54 Å². The van der Waals surface area contributed by atoms with Gasteiger partial charge in [0.15, 0.2) is 0 Å². The monoisotopic (exact) mass is 377 g/mol. The van der Waals surface area contributed by atoms with Crippen LogP contribution in [0, 0.1) is 0 Å². The van der Waals surface area contributed by atoms with Crippen molar-refractivity contribution in [3.05, 3.63) is 71.8 Å². The molecule has 6 heteroatoms. The molecule has 0 bridgehead atoms. The molecule has 28 heavy (non-hydrogen) atoms. The van der Waals surface area contributed by atoms with Gasteiger partial charge in [0.1, 0.15) is 5.54 Å². The molecule has 2 aliphatic rings. The van der Waals surface area contributed by atoms with E-state index in [-0.39, 0.29) is 24.4 Å². The Morgan fingerprint density at radius 3 is 2.11 bits per heavy atom. The maximum absolute atomic E-state index is 13.2. The van der Waals surface area contributed by atoms with Crippen LogP contribution in [0.25, 0.3) is 0 Å². The van der Waals surface area contributed by atoms with Crippen LogP contribution >= 0.6 is 0 Å². The molecule has 0 saturated carbocycles. The summed E-state index contributed by atoms with van der Waals surface area (Å²) in [7, 11) is 1.69. The standard InChI is InChI=1S/C22H23N3O3/c1-23-21(28)25(16-17-8-4-2-5-9-17)20(27)22(23)12-14-24(15-13-22)19(26)18-10-6-3-7-11-18/h2-11H,12-16H2,1H3. The molecule has 4 amide bonds. The van der Waals surface area contributed by atoms with Gasteiger partial charge in [-0.1, -0.05) is 48.5 Å². The molecule has 2 aromatic carbocycles. The Hall–Kier alpha value is -3.15. The van der Waals surface area contributed by atoms with Crippen molar-refractivity contribution < 1.29 is 14.4 Å². The van der Waals surface area contributed by atoms with E-state index in [4.69, 9.17) is 0 Å². The zero-order valence-corrected chi connectivity index (χ0v) is 15.9. The molecule has 4 rings (SSSR count). The van der Waals surface area contributed by atoms with Crippen LogP contribution < -0.4 is 0 Å². The molecular formula is C22H23N3O3. The summed E-state index contributed by atoms with van der Waals surface area (Å²) in [4.78, 5) is 43.4. The fourth-order valence-corrected chi connectivity index (χ4v) is 4.14. The second-order valence-electron chi connectivity index (χ2n) is 7.41. The number of carbonyl (C=O) groups is 3. The smallest absolute Gasteiger partial charge is 0.327 e. The minimum Gasteiger partial charge on any atom is -0.338 e. The molecule has 0 radical (unpaired) electrons. The quantitative estimate of drug-likeness (QED) is 0.773. The molecule has 0 aliphatic carbocycles. The summed E-state index contributed by atoms with van der Waals surface area (Å²) in [6.45, 7) is 1.18. The van der Waals surface area contributed by atoms with Gasteiger partial charge in [-0.05, 0) is 30.5 Å². The molecule has 1 spiro atoms. The number of nitrogens with zero attached hydrogens (tertiary/aromatic N) is 3. The SMILES string of the molecule is CN1C(=O)N(Cc2ccccc2)C(=O)C12CCN(C(=O)c1ccccc1)CC2. The number of piperidine rings is 1. The molecule has 2 fully saturated rings. The van der Waals surface area contributed by atoms with Crippen LogP contribution in [-0.4, -0.2) is 58.2 Å². The second kappa shape index (κ2) is 7.11. The van der Waals surface area contributed by atoms with Gasteiger partial charge in [-0.3, -0.25) is 14.5 Å². The van der Waals surface area contributed by atoms with Crippen molar-refractivity contribution in [2.24, 2.45) is 0 Å². The molecule has 144 valence electrons. The summed E-state index contributed by atoms with van der Waals surface area (Å²) >= 11 is 0. The third-order valence-corrected chi connectivity index (χ3v) is 5.89. The molecule has 2 heterocycles. The summed E-state index contributed by atoms with van der Waals surface area (Å²) < 4.78 is 0. The van der Waals surface area contributed by atoms with Gasteiger partial charge in [0.05, 0.1) is 6.54 Å². The lowest BCUT2D eigenvalue weighted by Gasteiger charge is -2.40. The number of imide groups is 1. The highest BCUT2D eigenvalue weighted by Gasteiger charge is 2.56. The lowest BCUT2D eigenvalue weighted by Crippen LogP contribution is -2.56. The predicted molar refractivity (Wildman–Crippen MR) is 104 cm³/mol. The van der Waals surface area contributed by atoms with Gasteiger partial charge in [0, 0.05) is 25.7 Å². The normalized spacial score (nSPS) is 18.8. The van der Waals surface area contributed by atoms with Crippen LogP contribution in [0.15, 0.2) is 60.7 Å². The molecule has 0 atom stereocenters. The van der Waals surface area contributed by atoms with Gasteiger partial charge in [-0.2, -0.15) is 0 Å². The van der Waals surface area contributed by atoms with Crippen LogP contribution in [0.2, 0.25) is 0 Å². The Kier molecular flexibility index (Phi) is 4.63. The first kappa shape index (κ1) is 18.2. The van der Waals surface area contributed by atoms with Gasteiger partial charge in [0.25, 0.3) is 11.8 Å². The number of likely N-dealkylation sites (tertiary alicyclic amines) is 1. The fourth-order valence-electron chi connectivity index (χ4n) is 4.14. The number of carbonyl (C=O) groups excluding carboxylic acids is 3. The molecule has 0 aromatic heterocycles. The van der Waals surface area contributed by atoms with Crippen LogP contribution in [-0.2, 0) is 11.3 Å². The first-order valence-electron chi connectivity index (χ1n) is 9.51. The van der Waals surface area contributed by atoms with Crippen molar-refractivity contribution in [3.63, 3.8) is 0 Å². The van der Waals surface area contributed by atoms with E-state index >= 15 is 0 Å². The molecule has 2 saturated heterocycles. The van der Waals surface area contributed by atoms with Crippen molar-refractivity contribution >= 4 is 17.8 Å². The van der Waals surface area contributed by atoms with E-state index in [9.17, 15) is 14.4 Å². The zero-order valence-electron chi connectivity index (χ0n) is 15.9. The molecule has 2 aliphatic heterocycles. The topological polar surface area (TPSA) is 60.9 Å². The first-order valence-corrected chi connectivity index (χ1v) is 9.51. The number of amides is 4. The zero-order chi connectivity index (χ0) is 19.7. The van der Waals surface area contributed by atoms with Gasteiger partial charge in [-0.25, -0.2) is 4.79 Å². The van der Waals surface area contributed by atoms with E-state index in [0.29, 0.717) is 31.5 Å². The molecule has 0 N–H and O–H groups in total. The van der Waals surface area contributed by atoms with Crippen molar-refractivity contribution in [3.8, 4) is 0 Å². The minimum absolute atomic E-state index is 0.0315. The summed E-state index contributed by atoms with van der Waals surface area (Å²) in [6.07, 6.45) is 0.913. The average molecular weight is 377 g/mol. The Morgan fingerprint density at radius 2 is 1.50 bits per heavy atom. The van der Waals surface area contributed by atoms with Crippen LogP contribution in [0.5, 0.6) is 0 Å². The number of urea groups is 1. The Bertz CT molecular complexity index is 890. The van der Waals surface area contributed by atoms with Gasteiger partial charge < -0.3 is 9.80 Å². The number of hydrogen-bond donors (Lipinski definition) is 0. The van der Waals surface area contributed by atoms with E-state index in [1.807, 2.05) is 48.5 Å². The summed E-state index contributed by atoms with van der Waals surface area (Å²) in [5.41, 5.74) is 0.719. The summed E-state index contributed by atoms with van der Waals surface area (Å²) in [5.74, 6) is -0.188. The summed E-state index contributed by atoms with van der Waals surface area (Å²) in [5, 5.41) is 0. The molecule has 2 aromatic rings. The highest BCUT2D eigenvalue weighted by Crippen LogP contribution is 2.37. The van der Waals surface area contributed by atoms with Gasteiger partial charge in [0.2, 0.25) is 0 Å². The van der Waals surface area contributed by atoms with Crippen LogP contribution in [0.4, 0.5) is 4.79 Å². The minimum atomic E-state index is -0.848. The molecule has 0 unspecified atom stereocenters. The fraction of sp³-hybridized carbons (Fsp3) is 0.318. The third kappa shape index (κ3) is 2.95. The highest BCUT2D eigenvalue weighted by atomic mass is 16.2. The van der Waals surface area contributed by atoms with Crippen molar-refractivity contribution in [1.29, 1.82) is 0 Å². The number of rotatable bonds is 3. The van der Waals surface area contributed by atoms with E-state index in [1.165, 1.54) is 4.90 Å². The van der Waals surface area contributed by atoms with E-state index in [2.05, 4.69) is 0 Å². The Balaban J connectivity index is 1.49. The maximum atomic E-state index is 13.2. The van der Waals surface area contributed by atoms with E-state index in [0.717, 1.165) is 5.56 Å². The van der Waals surface area contributed by atoms with Gasteiger partial charge >= 0.3 is 6.03 Å². The highest BCUT2D eigenvalue weighted by molar-refractivity contribution is 6.07. The van der Waals surface area contributed by atoms with E-state index in [1.54, 1.807) is 29.0 Å². The lowest BCUT2D eigenvalue weighted by atomic mass is 9.86. The second-order valence-corrected chi connectivity index (χ2v) is 7.41. The molecule has 6 nitrogen and oxygen atoms in total. The Labute approximate surface area is 164 Å². The lowest BCUT2D eigenvalue weighted by molar-refractivity contribution is -0.135. The largest absolute Gasteiger partial charge is 0.338 e. The van der Waals surface area contributed by atoms with Crippen molar-refractivity contribution in [2.45, 2.75) is 24.9 Å². The third-order valence-electron chi connectivity index (χ3n) is 5.89. The maximum Gasteiger partial charge on any atom is 0.327 e. The molecular weight excluding hydrogens is 354 g/mol. The summed E-state index contributed by atoms with van der Waals surface area (Å²) in [6, 6.07) is 18.4. The van der Waals surface area contributed by atoms with Crippen molar-refractivity contribution in [1.82, 2.24) is 14.7 Å². The van der Waals surface area contributed by atoms with Crippen LogP contribution in [0.3, 0.4) is 0 Å². The van der Waals surface area contributed by atoms with Gasteiger partial charge in [-0.15, -0.1) is 0 Å². The number of benzene rings is 2. The number of likely N-dealkylation sites (N-methyl/N-ethyl adjacent to an activating group) is 1. The number of hydrogen-bond acceptors (Lipinski definition) is 3. The van der Waals surface area contributed by atoms with Crippen LogP contribution in [0.1, 0.15) is 28.8 Å².